The highest BCUT2D eigenvalue weighted by molar-refractivity contribution is 6.02. The molecule has 4 heteroatoms. The zero-order valence-corrected chi connectivity index (χ0v) is 12.4. The first-order valence-corrected chi connectivity index (χ1v) is 7.51. The van der Waals surface area contributed by atoms with Gasteiger partial charge in [-0.1, -0.05) is 19.4 Å². The SMILES string of the molecule is CCCCN(C(=O)c1c(N)cccc1OCC)C1CC1. The molecule has 0 unspecified atom stereocenters. The number of anilines is 1. The Labute approximate surface area is 120 Å². The number of rotatable bonds is 7. The molecule has 0 atom stereocenters. The van der Waals surface area contributed by atoms with Crippen molar-refractivity contribution < 1.29 is 9.53 Å². The van der Waals surface area contributed by atoms with Gasteiger partial charge in [0.05, 0.1) is 6.61 Å². The van der Waals surface area contributed by atoms with Crippen LogP contribution in [0.15, 0.2) is 18.2 Å². The van der Waals surface area contributed by atoms with Gasteiger partial charge in [-0.15, -0.1) is 0 Å². The second kappa shape index (κ2) is 6.64. The number of nitrogen functional groups attached to an aromatic ring is 1. The van der Waals surface area contributed by atoms with E-state index in [1.807, 2.05) is 24.0 Å². The van der Waals surface area contributed by atoms with Crippen molar-refractivity contribution in [2.24, 2.45) is 0 Å². The second-order valence-corrected chi connectivity index (χ2v) is 5.24. The van der Waals surface area contributed by atoms with Gasteiger partial charge < -0.3 is 15.4 Å². The minimum Gasteiger partial charge on any atom is -0.493 e. The van der Waals surface area contributed by atoms with E-state index in [1.54, 1.807) is 6.07 Å². The van der Waals surface area contributed by atoms with Crippen LogP contribution in [0.25, 0.3) is 0 Å². The van der Waals surface area contributed by atoms with Gasteiger partial charge in [0.1, 0.15) is 11.3 Å². The van der Waals surface area contributed by atoms with Gasteiger partial charge in [0.15, 0.2) is 0 Å². The number of ether oxygens (including phenoxy) is 1. The van der Waals surface area contributed by atoms with E-state index in [0.717, 1.165) is 32.2 Å². The topological polar surface area (TPSA) is 55.6 Å². The number of nitrogens with two attached hydrogens (primary N) is 1. The summed E-state index contributed by atoms with van der Waals surface area (Å²) in [5, 5.41) is 0. The number of benzene rings is 1. The lowest BCUT2D eigenvalue weighted by Gasteiger charge is -2.24. The molecule has 0 bridgehead atoms. The summed E-state index contributed by atoms with van der Waals surface area (Å²) in [5.41, 5.74) is 7.04. The molecule has 20 heavy (non-hydrogen) atoms. The van der Waals surface area contributed by atoms with Gasteiger partial charge in [0.2, 0.25) is 0 Å². The van der Waals surface area contributed by atoms with Gasteiger partial charge in [-0.25, -0.2) is 0 Å². The highest BCUT2D eigenvalue weighted by Gasteiger charge is 2.34. The highest BCUT2D eigenvalue weighted by atomic mass is 16.5. The van der Waals surface area contributed by atoms with Crippen LogP contribution in [0.1, 0.15) is 49.9 Å². The van der Waals surface area contributed by atoms with Gasteiger partial charge in [-0.2, -0.15) is 0 Å². The number of unbranched alkanes of at least 4 members (excludes halogenated alkanes) is 1. The van der Waals surface area contributed by atoms with Crippen molar-refractivity contribution in [3.8, 4) is 5.75 Å². The predicted octanol–water partition coefficient (Wildman–Crippen LogP) is 3.07. The van der Waals surface area contributed by atoms with Crippen LogP contribution in [0.4, 0.5) is 5.69 Å². The lowest BCUT2D eigenvalue weighted by molar-refractivity contribution is 0.0737. The summed E-state index contributed by atoms with van der Waals surface area (Å²) in [6.45, 7) is 5.38. The van der Waals surface area contributed by atoms with Crippen molar-refractivity contribution in [2.45, 2.75) is 45.6 Å². The molecule has 1 aliphatic carbocycles. The molecule has 1 amide bonds. The maximum atomic E-state index is 12.8. The summed E-state index contributed by atoms with van der Waals surface area (Å²) < 4.78 is 5.57. The van der Waals surface area contributed by atoms with Crippen LogP contribution >= 0.6 is 0 Å². The Kier molecular flexibility index (Phi) is 4.88. The highest BCUT2D eigenvalue weighted by Crippen LogP contribution is 2.32. The Morgan fingerprint density at radius 3 is 2.75 bits per heavy atom. The maximum absolute atomic E-state index is 12.8. The zero-order valence-electron chi connectivity index (χ0n) is 12.4. The van der Waals surface area contributed by atoms with Gasteiger partial charge in [0.25, 0.3) is 5.91 Å². The van der Waals surface area contributed by atoms with Crippen molar-refractivity contribution in [1.82, 2.24) is 4.90 Å². The summed E-state index contributed by atoms with van der Waals surface area (Å²) in [7, 11) is 0. The normalized spacial score (nSPS) is 14.1. The summed E-state index contributed by atoms with van der Waals surface area (Å²) in [5.74, 6) is 0.613. The van der Waals surface area contributed by atoms with E-state index < -0.39 is 0 Å². The summed E-state index contributed by atoms with van der Waals surface area (Å²) in [4.78, 5) is 14.8. The minimum atomic E-state index is 0.0162. The molecule has 0 radical (unpaired) electrons. The fraction of sp³-hybridized carbons (Fsp3) is 0.562. The molecule has 2 rings (SSSR count). The van der Waals surface area contributed by atoms with E-state index >= 15 is 0 Å². The molecule has 0 heterocycles. The first-order valence-electron chi connectivity index (χ1n) is 7.51. The van der Waals surface area contributed by atoms with E-state index in [0.29, 0.717) is 29.6 Å². The van der Waals surface area contributed by atoms with Crippen LogP contribution in [-0.4, -0.2) is 30.0 Å². The average molecular weight is 276 g/mol. The van der Waals surface area contributed by atoms with Gasteiger partial charge in [-0.3, -0.25) is 4.79 Å². The van der Waals surface area contributed by atoms with Gasteiger partial charge in [-0.05, 0) is 38.3 Å². The Bertz CT molecular complexity index is 470. The molecule has 110 valence electrons. The van der Waals surface area contributed by atoms with Crippen molar-refractivity contribution in [2.75, 3.05) is 18.9 Å². The number of nitrogens with zero attached hydrogens (tertiary/aromatic N) is 1. The molecule has 0 aliphatic heterocycles. The molecule has 0 spiro atoms. The van der Waals surface area contributed by atoms with Crippen LogP contribution in [0, 0.1) is 0 Å². The zero-order chi connectivity index (χ0) is 14.5. The number of carbonyl (C=O) groups excluding carboxylic acids is 1. The van der Waals surface area contributed by atoms with E-state index in [2.05, 4.69) is 6.92 Å². The third-order valence-corrected chi connectivity index (χ3v) is 3.57. The van der Waals surface area contributed by atoms with Crippen molar-refractivity contribution in [1.29, 1.82) is 0 Å². The molecule has 0 saturated heterocycles. The minimum absolute atomic E-state index is 0.0162. The van der Waals surface area contributed by atoms with E-state index in [-0.39, 0.29) is 5.91 Å². The average Bonchev–Trinajstić information content (AvgIpc) is 3.24. The Balaban J connectivity index is 2.25. The standard InChI is InChI=1S/C16H24N2O2/c1-3-5-11-18(12-9-10-12)16(19)15-13(17)7-6-8-14(15)20-4-2/h6-8,12H,3-5,9-11,17H2,1-2H3. The van der Waals surface area contributed by atoms with E-state index in [9.17, 15) is 4.79 Å². The number of hydrogen-bond donors (Lipinski definition) is 1. The molecule has 1 saturated carbocycles. The fourth-order valence-electron chi connectivity index (χ4n) is 2.36. The second-order valence-electron chi connectivity index (χ2n) is 5.24. The van der Waals surface area contributed by atoms with Gasteiger partial charge >= 0.3 is 0 Å². The lowest BCUT2D eigenvalue weighted by atomic mass is 10.1. The Hall–Kier alpha value is -1.71. The van der Waals surface area contributed by atoms with Crippen molar-refractivity contribution in [3.63, 3.8) is 0 Å². The molecule has 1 aromatic carbocycles. The summed E-state index contributed by atoms with van der Waals surface area (Å²) in [6.07, 6.45) is 4.32. The van der Waals surface area contributed by atoms with Gasteiger partial charge in [0, 0.05) is 18.3 Å². The van der Waals surface area contributed by atoms with Crippen molar-refractivity contribution >= 4 is 11.6 Å². The number of amides is 1. The predicted molar refractivity (Wildman–Crippen MR) is 81.0 cm³/mol. The number of carbonyl (C=O) groups is 1. The third kappa shape index (κ3) is 3.24. The lowest BCUT2D eigenvalue weighted by Crippen LogP contribution is -2.34. The van der Waals surface area contributed by atoms with Crippen molar-refractivity contribution in [3.05, 3.63) is 23.8 Å². The summed E-state index contributed by atoms with van der Waals surface area (Å²) >= 11 is 0. The Morgan fingerprint density at radius 1 is 1.40 bits per heavy atom. The molecular weight excluding hydrogens is 252 g/mol. The molecule has 2 N–H and O–H groups in total. The fourth-order valence-corrected chi connectivity index (χ4v) is 2.36. The van der Waals surface area contributed by atoms with Crippen LogP contribution < -0.4 is 10.5 Å². The molecular formula is C16H24N2O2. The monoisotopic (exact) mass is 276 g/mol. The number of hydrogen-bond acceptors (Lipinski definition) is 3. The largest absolute Gasteiger partial charge is 0.493 e. The van der Waals surface area contributed by atoms with E-state index in [1.165, 1.54) is 0 Å². The molecule has 4 nitrogen and oxygen atoms in total. The molecule has 1 aliphatic rings. The quantitative estimate of drug-likeness (QED) is 0.779. The van der Waals surface area contributed by atoms with Crippen LogP contribution in [0.5, 0.6) is 5.75 Å². The van der Waals surface area contributed by atoms with E-state index in [4.69, 9.17) is 10.5 Å². The smallest absolute Gasteiger partial charge is 0.259 e. The van der Waals surface area contributed by atoms with Crippen LogP contribution in [0.3, 0.4) is 0 Å². The molecule has 1 fully saturated rings. The van der Waals surface area contributed by atoms with Crippen LogP contribution in [0.2, 0.25) is 0 Å². The first kappa shape index (κ1) is 14.7. The molecule has 1 aromatic rings. The summed E-state index contributed by atoms with van der Waals surface area (Å²) in [6, 6.07) is 5.80. The maximum Gasteiger partial charge on any atom is 0.259 e. The Morgan fingerprint density at radius 2 is 2.15 bits per heavy atom. The molecule has 0 aromatic heterocycles. The third-order valence-electron chi connectivity index (χ3n) is 3.57. The first-order chi connectivity index (χ1) is 9.69. The van der Waals surface area contributed by atoms with Crippen LogP contribution in [-0.2, 0) is 0 Å².